The topological polar surface area (TPSA) is 78.9 Å². The molecule has 0 N–H and O–H groups in total. The van der Waals surface area contributed by atoms with Crippen LogP contribution in [0.25, 0.3) is 0 Å². The molecule has 0 aliphatic rings. The highest BCUT2D eigenvalue weighted by molar-refractivity contribution is 5.71. The molecule has 0 heterocycles. The summed E-state index contributed by atoms with van der Waals surface area (Å²) in [5.74, 6) is -0.944. The van der Waals surface area contributed by atoms with Gasteiger partial charge in [-0.15, -0.1) is 0 Å². The van der Waals surface area contributed by atoms with Crippen molar-refractivity contribution in [3.63, 3.8) is 0 Å². The van der Waals surface area contributed by atoms with Gasteiger partial charge in [0.1, 0.15) is 13.2 Å². The molecule has 0 aromatic rings. The number of hydrogen-bond acceptors (Lipinski definition) is 6. The molecule has 1 atom stereocenters. The molecule has 0 aromatic heterocycles. The Balaban J connectivity index is 4.45. The summed E-state index contributed by atoms with van der Waals surface area (Å²) in [6.07, 6.45) is 70.0. The van der Waals surface area contributed by atoms with Gasteiger partial charge in [0, 0.05) is 19.3 Å². The Bertz CT molecular complexity index is 1290. The van der Waals surface area contributed by atoms with Gasteiger partial charge >= 0.3 is 17.9 Å². The van der Waals surface area contributed by atoms with Crippen molar-refractivity contribution in [1.82, 2.24) is 0 Å². The van der Waals surface area contributed by atoms with E-state index in [4.69, 9.17) is 14.2 Å². The molecule has 0 fully saturated rings. The number of unbranched alkanes of at least 4 members (excludes halogenated alkanes) is 27. The van der Waals surface area contributed by atoms with E-state index >= 15 is 0 Å². The van der Waals surface area contributed by atoms with Crippen LogP contribution in [0.5, 0.6) is 0 Å². The molecule has 0 rings (SSSR count). The molecule has 378 valence electrons. The lowest BCUT2D eigenvalue weighted by Gasteiger charge is -2.18. The fourth-order valence-electron chi connectivity index (χ4n) is 7.53. The van der Waals surface area contributed by atoms with Crippen molar-refractivity contribution in [2.45, 2.75) is 264 Å². The fourth-order valence-corrected chi connectivity index (χ4v) is 7.53. The first-order valence-electron chi connectivity index (χ1n) is 27.6. The van der Waals surface area contributed by atoms with Crippen LogP contribution in [0.3, 0.4) is 0 Å². The van der Waals surface area contributed by atoms with Crippen molar-refractivity contribution in [3.8, 4) is 0 Å². The van der Waals surface area contributed by atoms with E-state index in [-0.39, 0.29) is 31.1 Å². The zero-order valence-corrected chi connectivity index (χ0v) is 43.2. The Morgan fingerprint density at radius 3 is 1.05 bits per heavy atom. The summed E-state index contributed by atoms with van der Waals surface area (Å²) in [5, 5.41) is 0. The number of ether oxygens (including phenoxy) is 3. The van der Waals surface area contributed by atoms with Gasteiger partial charge in [-0.2, -0.15) is 0 Å². The highest BCUT2D eigenvalue weighted by atomic mass is 16.6. The summed E-state index contributed by atoms with van der Waals surface area (Å²) in [6.45, 7) is 6.47. The SMILES string of the molecule is CC/C=C\C/C=C\CCCCCCCC(=O)OCC(COC(=O)CCCCCCC\C=C/C=C\C=C/CCCCCCC)OC(=O)CCCCCCC/C=C\C=C/CCCCCCCCC. The molecular weight excluding hydrogens is 817 g/mol. The Morgan fingerprint density at radius 1 is 0.333 bits per heavy atom. The zero-order valence-electron chi connectivity index (χ0n) is 43.2. The highest BCUT2D eigenvalue weighted by Gasteiger charge is 2.19. The molecule has 0 amide bonds. The van der Waals surface area contributed by atoms with Crippen LogP contribution in [0, 0.1) is 0 Å². The third-order valence-corrected chi connectivity index (χ3v) is 11.7. The summed E-state index contributed by atoms with van der Waals surface area (Å²) in [6, 6.07) is 0. The van der Waals surface area contributed by atoms with Gasteiger partial charge in [-0.1, -0.05) is 228 Å². The van der Waals surface area contributed by atoms with Crippen LogP contribution in [-0.2, 0) is 28.6 Å². The van der Waals surface area contributed by atoms with Crippen molar-refractivity contribution in [2.24, 2.45) is 0 Å². The predicted octanol–water partition coefficient (Wildman–Crippen LogP) is 18.4. The minimum absolute atomic E-state index is 0.0976. The van der Waals surface area contributed by atoms with Crippen LogP contribution in [0.1, 0.15) is 258 Å². The van der Waals surface area contributed by atoms with E-state index in [9.17, 15) is 14.4 Å². The van der Waals surface area contributed by atoms with Crippen molar-refractivity contribution in [2.75, 3.05) is 13.2 Å². The number of esters is 3. The molecule has 0 aromatic carbocycles. The molecule has 66 heavy (non-hydrogen) atoms. The maximum atomic E-state index is 12.8. The molecule has 0 radical (unpaired) electrons. The summed E-state index contributed by atoms with van der Waals surface area (Å²) in [4.78, 5) is 38.1. The second-order valence-electron chi connectivity index (χ2n) is 18.2. The molecule has 0 saturated carbocycles. The number of hydrogen-bond donors (Lipinski definition) is 0. The van der Waals surface area contributed by atoms with E-state index in [0.29, 0.717) is 19.3 Å². The molecule has 6 heteroatoms. The average Bonchev–Trinajstić information content (AvgIpc) is 3.31. The van der Waals surface area contributed by atoms with Crippen LogP contribution in [0.4, 0.5) is 0 Å². The monoisotopic (exact) mass is 919 g/mol. The van der Waals surface area contributed by atoms with Crippen molar-refractivity contribution in [1.29, 1.82) is 0 Å². The first kappa shape index (κ1) is 62.6. The van der Waals surface area contributed by atoms with E-state index in [1.54, 1.807) is 0 Å². The zero-order chi connectivity index (χ0) is 47.9. The second-order valence-corrected chi connectivity index (χ2v) is 18.2. The highest BCUT2D eigenvalue weighted by Crippen LogP contribution is 2.14. The molecule has 0 saturated heterocycles. The Kier molecular flexibility index (Phi) is 51.4. The summed E-state index contributed by atoms with van der Waals surface area (Å²) < 4.78 is 16.8. The van der Waals surface area contributed by atoms with Gasteiger partial charge < -0.3 is 14.2 Å². The number of rotatable bonds is 49. The molecular formula is C60H102O6. The van der Waals surface area contributed by atoms with Gasteiger partial charge in [0.15, 0.2) is 6.10 Å². The molecule has 6 nitrogen and oxygen atoms in total. The minimum atomic E-state index is -0.799. The first-order valence-corrected chi connectivity index (χ1v) is 27.6. The Morgan fingerprint density at radius 2 is 0.652 bits per heavy atom. The summed E-state index contributed by atoms with van der Waals surface area (Å²) in [5.41, 5.74) is 0. The van der Waals surface area contributed by atoms with Crippen LogP contribution >= 0.6 is 0 Å². The number of carbonyl (C=O) groups is 3. The molecule has 0 aliphatic carbocycles. The van der Waals surface area contributed by atoms with E-state index in [1.165, 1.54) is 83.5 Å². The lowest BCUT2D eigenvalue weighted by Crippen LogP contribution is -2.30. The summed E-state index contributed by atoms with van der Waals surface area (Å²) in [7, 11) is 0. The van der Waals surface area contributed by atoms with Crippen molar-refractivity contribution >= 4 is 17.9 Å². The molecule has 0 aliphatic heterocycles. The van der Waals surface area contributed by atoms with Gasteiger partial charge in [-0.05, 0) is 96.3 Å². The normalized spacial score (nSPS) is 12.7. The second kappa shape index (κ2) is 54.2. The maximum absolute atomic E-state index is 12.8. The van der Waals surface area contributed by atoms with E-state index < -0.39 is 6.10 Å². The van der Waals surface area contributed by atoms with Crippen LogP contribution in [-0.4, -0.2) is 37.2 Å². The number of allylic oxidation sites excluding steroid dienone is 14. The lowest BCUT2D eigenvalue weighted by atomic mass is 10.1. The van der Waals surface area contributed by atoms with Gasteiger partial charge in [-0.3, -0.25) is 14.4 Å². The Hall–Kier alpha value is -3.41. The smallest absolute Gasteiger partial charge is 0.306 e. The third kappa shape index (κ3) is 51.6. The summed E-state index contributed by atoms with van der Waals surface area (Å²) >= 11 is 0. The van der Waals surface area contributed by atoms with Crippen molar-refractivity contribution < 1.29 is 28.6 Å². The maximum Gasteiger partial charge on any atom is 0.306 e. The van der Waals surface area contributed by atoms with Crippen molar-refractivity contribution in [3.05, 3.63) is 85.1 Å². The molecule has 0 bridgehead atoms. The molecule has 1 unspecified atom stereocenters. The first-order chi connectivity index (χ1) is 32.5. The minimum Gasteiger partial charge on any atom is -0.462 e. The van der Waals surface area contributed by atoms with E-state index in [0.717, 1.165) is 135 Å². The van der Waals surface area contributed by atoms with Gasteiger partial charge in [0.2, 0.25) is 0 Å². The quantitative estimate of drug-likeness (QED) is 0.0199. The third-order valence-electron chi connectivity index (χ3n) is 11.7. The molecule has 0 spiro atoms. The van der Waals surface area contributed by atoms with Crippen LogP contribution in [0.15, 0.2) is 85.1 Å². The van der Waals surface area contributed by atoms with E-state index in [1.807, 2.05) is 0 Å². The van der Waals surface area contributed by atoms with Gasteiger partial charge in [0.25, 0.3) is 0 Å². The van der Waals surface area contributed by atoms with E-state index in [2.05, 4.69) is 106 Å². The van der Waals surface area contributed by atoms with Crippen LogP contribution in [0.2, 0.25) is 0 Å². The standard InChI is InChI=1S/C60H102O6/c1-4-7-10-13-16-19-22-25-27-29-31-33-35-38-41-44-47-50-53-59(62)65-56-57(55-64-58(61)52-49-46-43-40-37-24-21-18-15-12-9-6-3)66-60(63)54-51-48-45-42-39-36-34-32-30-28-26-23-20-17-14-11-8-5-2/h9,12,18,21-22,25,27-34,57H,4-8,10-11,13-17,19-20,23-24,26,35-56H2,1-3H3/b12-9-,21-18-,25-22-,29-27-,30-28-,33-31-,34-32-. The largest absolute Gasteiger partial charge is 0.462 e. The fraction of sp³-hybridized carbons (Fsp3) is 0.717. The van der Waals surface area contributed by atoms with Gasteiger partial charge in [-0.25, -0.2) is 0 Å². The lowest BCUT2D eigenvalue weighted by molar-refractivity contribution is -0.167. The average molecular weight is 919 g/mol. The number of carbonyl (C=O) groups excluding carboxylic acids is 3. The van der Waals surface area contributed by atoms with Crippen LogP contribution < -0.4 is 0 Å². The predicted molar refractivity (Wildman–Crippen MR) is 284 cm³/mol. The Labute approximate surface area is 407 Å². The van der Waals surface area contributed by atoms with Gasteiger partial charge in [0.05, 0.1) is 0 Å².